The fourth-order valence-electron chi connectivity index (χ4n) is 3.02. The van der Waals surface area contributed by atoms with Gasteiger partial charge in [0, 0.05) is 6.04 Å². The van der Waals surface area contributed by atoms with Gasteiger partial charge in [0.1, 0.15) is 5.75 Å². The van der Waals surface area contributed by atoms with Crippen LogP contribution in [0.5, 0.6) is 5.75 Å². The second kappa shape index (κ2) is 5.93. The number of nitrogens with one attached hydrogen (secondary N) is 1. The van der Waals surface area contributed by atoms with Crippen LogP contribution >= 0.6 is 0 Å². The van der Waals surface area contributed by atoms with Gasteiger partial charge in [0.2, 0.25) is 0 Å². The van der Waals surface area contributed by atoms with Crippen molar-refractivity contribution in [3.63, 3.8) is 0 Å². The van der Waals surface area contributed by atoms with E-state index in [9.17, 15) is 5.11 Å². The number of methoxy groups -OCH3 is 1. The van der Waals surface area contributed by atoms with Crippen LogP contribution in [0.3, 0.4) is 0 Å². The molecule has 0 saturated carbocycles. The second-order valence-corrected chi connectivity index (χ2v) is 5.57. The predicted octanol–water partition coefficient (Wildman–Crippen LogP) is 2.61. The highest BCUT2D eigenvalue weighted by Gasteiger charge is 2.36. The van der Waals surface area contributed by atoms with Crippen LogP contribution in [0.15, 0.2) is 18.2 Å². The molecule has 2 unspecified atom stereocenters. The maximum Gasteiger partial charge on any atom is 0.119 e. The van der Waals surface area contributed by atoms with Gasteiger partial charge < -0.3 is 15.2 Å². The van der Waals surface area contributed by atoms with Crippen LogP contribution in [0.25, 0.3) is 0 Å². The van der Waals surface area contributed by atoms with Gasteiger partial charge in [0.15, 0.2) is 0 Å². The lowest BCUT2D eigenvalue weighted by molar-refractivity contribution is 0.129. The number of fused-ring (bicyclic) bond motifs is 1. The van der Waals surface area contributed by atoms with E-state index in [4.69, 9.17) is 4.74 Å². The molecule has 0 aromatic heterocycles. The number of aryl methyl sites for hydroxylation is 1. The van der Waals surface area contributed by atoms with E-state index in [2.05, 4.69) is 31.3 Å². The summed E-state index contributed by atoms with van der Waals surface area (Å²) in [5.41, 5.74) is 2.26. The molecule has 2 rings (SSSR count). The summed E-state index contributed by atoms with van der Waals surface area (Å²) in [5, 5.41) is 13.6. The molecule has 0 spiro atoms. The quantitative estimate of drug-likeness (QED) is 0.858. The minimum absolute atomic E-state index is 0.149. The van der Waals surface area contributed by atoms with Gasteiger partial charge in [-0.2, -0.15) is 0 Å². The standard InChI is InChI=1S/C16H25NO2/c1-4-12(2)17-16(11-18)9-5-6-13-10-14(19-3)7-8-15(13)16/h7-8,10,12,17-18H,4-6,9,11H2,1-3H3. The Bertz CT molecular complexity index is 433. The molecule has 3 nitrogen and oxygen atoms in total. The van der Waals surface area contributed by atoms with Crippen LogP contribution in [0.1, 0.15) is 44.2 Å². The molecule has 0 aliphatic heterocycles. The van der Waals surface area contributed by atoms with E-state index in [-0.39, 0.29) is 12.1 Å². The number of hydrogen-bond acceptors (Lipinski definition) is 3. The van der Waals surface area contributed by atoms with Gasteiger partial charge in [-0.15, -0.1) is 0 Å². The summed E-state index contributed by atoms with van der Waals surface area (Å²) in [5.74, 6) is 0.899. The van der Waals surface area contributed by atoms with E-state index in [1.807, 2.05) is 6.07 Å². The number of aliphatic hydroxyl groups is 1. The van der Waals surface area contributed by atoms with Crippen molar-refractivity contribution in [2.75, 3.05) is 13.7 Å². The van der Waals surface area contributed by atoms with Gasteiger partial charge in [0.05, 0.1) is 19.3 Å². The van der Waals surface area contributed by atoms with Gasteiger partial charge in [-0.1, -0.05) is 13.0 Å². The molecule has 3 heteroatoms. The Morgan fingerprint density at radius 1 is 1.47 bits per heavy atom. The first-order chi connectivity index (χ1) is 9.15. The number of benzene rings is 1. The van der Waals surface area contributed by atoms with Crippen LogP contribution in [0.2, 0.25) is 0 Å². The van der Waals surface area contributed by atoms with E-state index in [0.29, 0.717) is 6.04 Å². The molecule has 0 saturated heterocycles. The Kier molecular flexibility index (Phi) is 4.48. The summed E-state index contributed by atoms with van der Waals surface area (Å²) in [7, 11) is 1.70. The van der Waals surface area contributed by atoms with E-state index in [1.54, 1.807) is 7.11 Å². The highest BCUT2D eigenvalue weighted by Crippen LogP contribution is 2.37. The minimum atomic E-state index is -0.282. The summed E-state index contributed by atoms with van der Waals surface area (Å²) in [6.45, 7) is 4.49. The zero-order valence-electron chi connectivity index (χ0n) is 12.2. The average molecular weight is 263 g/mol. The highest BCUT2D eigenvalue weighted by atomic mass is 16.5. The first-order valence-corrected chi connectivity index (χ1v) is 7.21. The molecule has 2 atom stereocenters. The smallest absolute Gasteiger partial charge is 0.119 e. The van der Waals surface area contributed by atoms with Crippen molar-refractivity contribution < 1.29 is 9.84 Å². The summed E-state index contributed by atoms with van der Waals surface area (Å²) < 4.78 is 5.30. The molecule has 0 fully saturated rings. The Hall–Kier alpha value is -1.06. The summed E-state index contributed by atoms with van der Waals surface area (Å²) in [6.07, 6.45) is 4.22. The molecule has 19 heavy (non-hydrogen) atoms. The van der Waals surface area contributed by atoms with E-state index in [0.717, 1.165) is 31.4 Å². The second-order valence-electron chi connectivity index (χ2n) is 5.57. The third-order valence-electron chi connectivity index (χ3n) is 4.28. The van der Waals surface area contributed by atoms with Crippen molar-refractivity contribution in [1.29, 1.82) is 0 Å². The third kappa shape index (κ3) is 2.77. The molecule has 1 aliphatic rings. The molecule has 1 aromatic rings. The maximum atomic E-state index is 9.97. The molecular formula is C16H25NO2. The van der Waals surface area contributed by atoms with Crippen LogP contribution in [-0.2, 0) is 12.0 Å². The Morgan fingerprint density at radius 2 is 2.26 bits per heavy atom. The van der Waals surface area contributed by atoms with E-state index in [1.165, 1.54) is 11.1 Å². The van der Waals surface area contributed by atoms with Crippen LogP contribution in [-0.4, -0.2) is 24.9 Å². The topological polar surface area (TPSA) is 41.5 Å². The van der Waals surface area contributed by atoms with Crippen molar-refractivity contribution in [1.82, 2.24) is 5.32 Å². The molecule has 0 heterocycles. The van der Waals surface area contributed by atoms with Gasteiger partial charge in [-0.3, -0.25) is 0 Å². The third-order valence-corrected chi connectivity index (χ3v) is 4.28. The molecule has 0 radical (unpaired) electrons. The van der Waals surface area contributed by atoms with Crippen molar-refractivity contribution in [3.05, 3.63) is 29.3 Å². The zero-order valence-corrected chi connectivity index (χ0v) is 12.2. The lowest BCUT2D eigenvalue weighted by Crippen LogP contribution is -2.51. The fourth-order valence-corrected chi connectivity index (χ4v) is 3.02. The molecule has 1 aliphatic carbocycles. The molecular weight excluding hydrogens is 238 g/mol. The average Bonchev–Trinajstić information content (AvgIpc) is 2.46. The van der Waals surface area contributed by atoms with Crippen LogP contribution in [0.4, 0.5) is 0 Å². The van der Waals surface area contributed by atoms with Crippen LogP contribution in [0, 0.1) is 0 Å². The number of hydrogen-bond donors (Lipinski definition) is 2. The number of rotatable bonds is 5. The summed E-state index contributed by atoms with van der Waals surface area (Å²) >= 11 is 0. The first kappa shape index (κ1) is 14.4. The number of aliphatic hydroxyl groups excluding tert-OH is 1. The van der Waals surface area contributed by atoms with E-state index < -0.39 is 0 Å². The monoisotopic (exact) mass is 263 g/mol. The summed E-state index contributed by atoms with van der Waals surface area (Å²) in [6, 6.07) is 6.61. The molecule has 0 amide bonds. The van der Waals surface area contributed by atoms with Crippen molar-refractivity contribution in [2.24, 2.45) is 0 Å². The van der Waals surface area contributed by atoms with Crippen molar-refractivity contribution >= 4 is 0 Å². The first-order valence-electron chi connectivity index (χ1n) is 7.21. The lowest BCUT2D eigenvalue weighted by Gasteiger charge is -2.40. The highest BCUT2D eigenvalue weighted by molar-refractivity contribution is 5.42. The van der Waals surface area contributed by atoms with Gasteiger partial charge in [-0.25, -0.2) is 0 Å². The maximum absolute atomic E-state index is 9.97. The van der Waals surface area contributed by atoms with Gasteiger partial charge >= 0.3 is 0 Å². The zero-order chi connectivity index (χ0) is 13.9. The van der Waals surface area contributed by atoms with E-state index >= 15 is 0 Å². The minimum Gasteiger partial charge on any atom is -0.497 e. The Balaban J connectivity index is 2.38. The summed E-state index contributed by atoms with van der Waals surface area (Å²) in [4.78, 5) is 0. The van der Waals surface area contributed by atoms with Crippen LogP contribution < -0.4 is 10.1 Å². The normalized spacial score (nSPS) is 23.8. The lowest BCUT2D eigenvalue weighted by atomic mass is 9.76. The molecule has 2 N–H and O–H groups in total. The molecule has 106 valence electrons. The Morgan fingerprint density at radius 3 is 2.89 bits per heavy atom. The van der Waals surface area contributed by atoms with Crippen molar-refractivity contribution in [3.8, 4) is 5.75 Å². The fraction of sp³-hybridized carbons (Fsp3) is 0.625. The predicted molar refractivity (Wildman–Crippen MR) is 77.6 cm³/mol. The van der Waals surface area contributed by atoms with Gasteiger partial charge in [-0.05, 0) is 55.9 Å². The molecule has 1 aromatic carbocycles. The number of ether oxygens (including phenoxy) is 1. The SMILES string of the molecule is CCC(C)NC1(CO)CCCc2cc(OC)ccc21. The van der Waals surface area contributed by atoms with Gasteiger partial charge in [0.25, 0.3) is 0 Å². The Labute approximate surface area is 116 Å². The largest absolute Gasteiger partial charge is 0.497 e. The van der Waals surface area contributed by atoms with Crippen molar-refractivity contribution in [2.45, 2.75) is 51.1 Å². The molecule has 0 bridgehead atoms.